The number of piperidine rings is 1. The molecule has 3 unspecified atom stereocenters. The van der Waals surface area contributed by atoms with E-state index in [1.54, 1.807) is 11.3 Å². The van der Waals surface area contributed by atoms with Crippen molar-refractivity contribution in [1.82, 2.24) is 10.3 Å². The van der Waals surface area contributed by atoms with Crippen molar-refractivity contribution in [3.8, 4) is 0 Å². The molecular formula is C21H22ClN3OS. The zero-order valence-electron chi connectivity index (χ0n) is 15.2. The fourth-order valence-corrected chi connectivity index (χ4v) is 6.08. The molecule has 0 radical (unpaired) electrons. The number of aliphatic imine (C=N–C) groups is 1. The molecule has 2 aromatic rings. The predicted octanol–water partition coefficient (Wildman–Crippen LogP) is 4.13. The molecule has 27 heavy (non-hydrogen) atoms. The van der Waals surface area contributed by atoms with Crippen LogP contribution in [0.4, 0.5) is 0 Å². The molecule has 0 bridgehead atoms. The van der Waals surface area contributed by atoms with Gasteiger partial charge in [-0.15, -0.1) is 11.3 Å². The number of aromatic nitrogens is 1. The summed E-state index contributed by atoms with van der Waals surface area (Å²) in [7, 11) is 0. The van der Waals surface area contributed by atoms with Crippen LogP contribution in [0.2, 0.25) is 4.34 Å². The highest BCUT2D eigenvalue weighted by Crippen LogP contribution is 2.48. The topological polar surface area (TPSA) is 46.5 Å². The highest BCUT2D eigenvalue weighted by Gasteiger charge is 2.46. The molecule has 0 aliphatic carbocycles. The van der Waals surface area contributed by atoms with Crippen LogP contribution < -0.4 is 5.32 Å². The molecule has 1 saturated heterocycles. The van der Waals surface area contributed by atoms with Crippen LogP contribution in [0.25, 0.3) is 0 Å². The average molecular weight is 400 g/mol. The largest absolute Gasteiger partial charge is 0.369 e. The zero-order valence-corrected chi connectivity index (χ0v) is 16.8. The van der Waals surface area contributed by atoms with Crippen molar-refractivity contribution >= 4 is 28.6 Å². The number of pyridine rings is 1. The second-order valence-electron chi connectivity index (χ2n) is 7.66. The van der Waals surface area contributed by atoms with E-state index >= 15 is 0 Å². The van der Waals surface area contributed by atoms with Gasteiger partial charge in [0.25, 0.3) is 0 Å². The summed E-state index contributed by atoms with van der Waals surface area (Å²) in [5, 5.41) is 3.77. The molecule has 3 aliphatic heterocycles. The highest BCUT2D eigenvalue weighted by atomic mass is 35.5. The first kappa shape index (κ1) is 17.6. The molecular weight excluding hydrogens is 378 g/mol. The van der Waals surface area contributed by atoms with E-state index in [2.05, 4.69) is 29.4 Å². The number of halogens is 1. The van der Waals surface area contributed by atoms with Gasteiger partial charge in [-0.2, -0.15) is 0 Å². The summed E-state index contributed by atoms with van der Waals surface area (Å²) >= 11 is 8.04. The van der Waals surface area contributed by atoms with Crippen LogP contribution in [0.3, 0.4) is 0 Å². The lowest BCUT2D eigenvalue weighted by molar-refractivity contribution is -0.0918. The quantitative estimate of drug-likeness (QED) is 0.825. The summed E-state index contributed by atoms with van der Waals surface area (Å²) in [6, 6.07) is 8.71. The van der Waals surface area contributed by atoms with Gasteiger partial charge in [0.15, 0.2) is 0 Å². The summed E-state index contributed by atoms with van der Waals surface area (Å²) in [6.45, 7) is 3.75. The van der Waals surface area contributed by atoms with E-state index in [0.717, 1.165) is 48.2 Å². The smallest absolute Gasteiger partial charge is 0.106 e. The highest BCUT2D eigenvalue weighted by molar-refractivity contribution is 7.16. The number of nitrogens with zero attached hydrogens (tertiary/aromatic N) is 2. The SMILES string of the molecule is CC1CC2(CC(C3=CC(c4ccccn4)=NC3)N1)OCCc1cc(Cl)sc12. The Bertz CT molecular complexity index is 923. The summed E-state index contributed by atoms with van der Waals surface area (Å²) in [6.07, 6.45) is 6.89. The minimum absolute atomic E-state index is 0.227. The molecule has 6 heteroatoms. The van der Waals surface area contributed by atoms with Gasteiger partial charge in [0.05, 0.1) is 28.9 Å². The molecule has 2 aromatic heterocycles. The molecule has 1 spiro atoms. The molecule has 4 nitrogen and oxygen atoms in total. The fraction of sp³-hybridized carbons (Fsp3) is 0.429. The Labute approximate surface area is 168 Å². The van der Waals surface area contributed by atoms with Gasteiger partial charge in [0, 0.05) is 29.6 Å². The number of rotatable bonds is 2. The van der Waals surface area contributed by atoms with E-state index in [-0.39, 0.29) is 11.6 Å². The Morgan fingerprint density at radius 3 is 3.11 bits per heavy atom. The van der Waals surface area contributed by atoms with Gasteiger partial charge in [-0.05, 0) is 55.2 Å². The maximum atomic E-state index is 6.45. The Morgan fingerprint density at radius 2 is 2.26 bits per heavy atom. The van der Waals surface area contributed by atoms with Crippen molar-refractivity contribution < 1.29 is 4.74 Å². The number of fused-ring (bicyclic) bond motifs is 2. The second kappa shape index (κ2) is 6.82. The van der Waals surface area contributed by atoms with Crippen molar-refractivity contribution in [3.63, 3.8) is 0 Å². The summed E-state index contributed by atoms with van der Waals surface area (Å²) in [5.74, 6) is 0. The Morgan fingerprint density at radius 1 is 1.33 bits per heavy atom. The number of ether oxygens (including phenoxy) is 1. The third-order valence-corrected chi connectivity index (χ3v) is 7.22. The lowest BCUT2D eigenvalue weighted by Crippen LogP contribution is -2.54. The molecule has 0 aromatic carbocycles. The summed E-state index contributed by atoms with van der Waals surface area (Å²) in [5.41, 5.74) is 4.38. The standard InChI is InChI=1S/C21H22ClN3OS/c1-13-10-21(20-14(5-7-26-21)9-19(22)27-20)11-18(25-13)15-8-17(24-12-15)16-4-2-3-6-23-16/h2-4,6,8-9,13,18,25H,5,7,10-12H2,1H3. The molecule has 140 valence electrons. The van der Waals surface area contributed by atoms with Crippen molar-refractivity contribution in [2.45, 2.75) is 43.9 Å². The number of hydrogen-bond donors (Lipinski definition) is 1. The molecule has 1 N–H and O–H groups in total. The third-order valence-electron chi connectivity index (χ3n) is 5.73. The fourth-order valence-electron chi connectivity index (χ4n) is 4.62. The van der Waals surface area contributed by atoms with Gasteiger partial charge in [-0.3, -0.25) is 9.98 Å². The van der Waals surface area contributed by atoms with Gasteiger partial charge in [-0.25, -0.2) is 0 Å². The van der Waals surface area contributed by atoms with E-state index in [9.17, 15) is 0 Å². The zero-order chi connectivity index (χ0) is 18.4. The van der Waals surface area contributed by atoms with E-state index in [0.29, 0.717) is 6.04 Å². The molecule has 1 fully saturated rings. The maximum Gasteiger partial charge on any atom is 0.106 e. The third kappa shape index (κ3) is 3.17. The van der Waals surface area contributed by atoms with Crippen LogP contribution in [-0.2, 0) is 16.8 Å². The van der Waals surface area contributed by atoms with Crippen LogP contribution in [0.1, 0.15) is 35.9 Å². The van der Waals surface area contributed by atoms with Crippen LogP contribution in [0.15, 0.2) is 47.1 Å². The first-order chi connectivity index (χ1) is 13.1. The molecule has 3 atom stereocenters. The van der Waals surface area contributed by atoms with E-state index in [1.165, 1.54) is 16.0 Å². The lowest BCUT2D eigenvalue weighted by atomic mass is 9.78. The van der Waals surface area contributed by atoms with Crippen molar-refractivity contribution in [1.29, 1.82) is 0 Å². The number of allylic oxidation sites excluding steroid dienone is 1. The monoisotopic (exact) mass is 399 g/mol. The van der Waals surface area contributed by atoms with Gasteiger partial charge >= 0.3 is 0 Å². The number of thiophene rings is 1. The Hall–Kier alpha value is -1.53. The predicted molar refractivity (Wildman–Crippen MR) is 110 cm³/mol. The van der Waals surface area contributed by atoms with Crippen LogP contribution in [0, 0.1) is 0 Å². The average Bonchev–Trinajstić information content (AvgIpc) is 3.29. The minimum atomic E-state index is -0.227. The molecule has 0 amide bonds. The van der Waals surface area contributed by atoms with Crippen molar-refractivity contribution in [2.75, 3.05) is 13.2 Å². The van der Waals surface area contributed by atoms with Crippen LogP contribution in [-0.4, -0.2) is 35.9 Å². The van der Waals surface area contributed by atoms with Crippen LogP contribution >= 0.6 is 22.9 Å². The van der Waals surface area contributed by atoms with Crippen molar-refractivity contribution in [2.24, 2.45) is 4.99 Å². The molecule has 5 rings (SSSR count). The second-order valence-corrected chi connectivity index (χ2v) is 9.35. The van der Waals surface area contributed by atoms with Gasteiger partial charge < -0.3 is 10.1 Å². The minimum Gasteiger partial charge on any atom is -0.369 e. The summed E-state index contributed by atoms with van der Waals surface area (Å²) in [4.78, 5) is 10.5. The van der Waals surface area contributed by atoms with E-state index in [4.69, 9.17) is 21.3 Å². The van der Waals surface area contributed by atoms with E-state index in [1.807, 2.05) is 24.4 Å². The van der Waals surface area contributed by atoms with Crippen molar-refractivity contribution in [3.05, 3.63) is 62.6 Å². The molecule has 5 heterocycles. The number of nitrogens with one attached hydrogen (secondary N) is 1. The van der Waals surface area contributed by atoms with Gasteiger partial charge in [0.1, 0.15) is 5.60 Å². The summed E-state index contributed by atoms with van der Waals surface area (Å²) < 4.78 is 7.32. The lowest BCUT2D eigenvalue weighted by Gasteiger charge is -2.46. The number of hydrogen-bond acceptors (Lipinski definition) is 5. The van der Waals surface area contributed by atoms with E-state index < -0.39 is 0 Å². The normalized spacial score (nSPS) is 30.1. The molecule has 0 saturated carbocycles. The Balaban J connectivity index is 1.44. The maximum absolute atomic E-state index is 6.45. The van der Waals surface area contributed by atoms with Crippen LogP contribution in [0.5, 0.6) is 0 Å². The first-order valence-corrected chi connectivity index (χ1v) is 10.7. The van der Waals surface area contributed by atoms with Gasteiger partial charge in [-0.1, -0.05) is 17.7 Å². The Kier molecular flexibility index (Phi) is 4.43. The first-order valence-electron chi connectivity index (χ1n) is 9.48. The molecule has 3 aliphatic rings. The van der Waals surface area contributed by atoms with Gasteiger partial charge in [0.2, 0.25) is 0 Å².